The van der Waals surface area contributed by atoms with Gasteiger partial charge in [0.15, 0.2) is 5.11 Å². The van der Waals surface area contributed by atoms with E-state index in [-0.39, 0.29) is 0 Å². The van der Waals surface area contributed by atoms with E-state index in [1.807, 2.05) is 0 Å². The van der Waals surface area contributed by atoms with Crippen molar-refractivity contribution in [3.8, 4) is 0 Å². The van der Waals surface area contributed by atoms with Crippen LogP contribution in [-0.4, -0.2) is 29.1 Å². The molecule has 2 aliphatic rings. The lowest BCUT2D eigenvalue weighted by atomic mass is 9.92. The Morgan fingerprint density at radius 3 is 2.39 bits per heavy atom. The number of nitrogens with one attached hydrogen (secondary N) is 1. The van der Waals surface area contributed by atoms with Crippen molar-refractivity contribution < 1.29 is 0 Å². The number of rotatable bonds is 3. The molecule has 1 heterocycles. The Morgan fingerprint density at radius 2 is 1.78 bits per heavy atom. The van der Waals surface area contributed by atoms with Crippen molar-refractivity contribution in [3.05, 3.63) is 0 Å². The van der Waals surface area contributed by atoms with Gasteiger partial charge in [0.1, 0.15) is 0 Å². The number of piperidine rings is 1. The predicted molar refractivity (Wildman–Crippen MR) is 81.8 cm³/mol. The Labute approximate surface area is 118 Å². The first-order valence-corrected chi connectivity index (χ1v) is 8.26. The molecule has 104 valence electrons. The third-order valence-electron chi connectivity index (χ3n) is 4.53. The summed E-state index contributed by atoms with van der Waals surface area (Å²) in [6.07, 6.45) is 12.2. The molecule has 0 radical (unpaired) electrons. The summed E-state index contributed by atoms with van der Waals surface area (Å²) >= 11 is 5.57. The zero-order valence-electron chi connectivity index (χ0n) is 11.8. The highest BCUT2D eigenvalue weighted by molar-refractivity contribution is 7.80. The number of thiocarbonyl (C=S) groups is 1. The fourth-order valence-electron chi connectivity index (χ4n) is 3.35. The lowest BCUT2D eigenvalue weighted by molar-refractivity contribution is 0.249. The van der Waals surface area contributed by atoms with Gasteiger partial charge in [-0.15, -0.1) is 0 Å². The molecule has 0 atom stereocenters. The van der Waals surface area contributed by atoms with Crippen molar-refractivity contribution in [2.45, 2.75) is 70.8 Å². The van der Waals surface area contributed by atoms with E-state index in [1.54, 1.807) is 0 Å². The van der Waals surface area contributed by atoms with Gasteiger partial charge in [-0.1, -0.05) is 39.0 Å². The fraction of sp³-hybridized carbons (Fsp3) is 0.933. The topological polar surface area (TPSA) is 15.3 Å². The van der Waals surface area contributed by atoms with Crippen molar-refractivity contribution >= 4 is 17.3 Å². The molecule has 0 unspecified atom stereocenters. The van der Waals surface area contributed by atoms with Crippen LogP contribution in [0.25, 0.3) is 0 Å². The molecule has 3 heteroatoms. The molecule has 0 aromatic rings. The minimum Gasteiger partial charge on any atom is -0.360 e. The maximum Gasteiger partial charge on any atom is 0.169 e. The molecule has 2 rings (SSSR count). The van der Waals surface area contributed by atoms with Crippen molar-refractivity contribution in [1.29, 1.82) is 0 Å². The van der Waals surface area contributed by atoms with Crippen LogP contribution >= 0.6 is 12.2 Å². The number of hydrogen-bond donors (Lipinski definition) is 1. The van der Waals surface area contributed by atoms with Gasteiger partial charge in [-0.25, -0.2) is 0 Å². The van der Waals surface area contributed by atoms with Crippen molar-refractivity contribution in [2.75, 3.05) is 13.1 Å². The van der Waals surface area contributed by atoms with E-state index in [9.17, 15) is 0 Å². The second kappa shape index (κ2) is 7.32. The van der Waals surface area contributed by atoms with Crippen LogP contribution < -0.4 is 5.32 Å². The molecule has 0 aromatic heterocycles. The molecule has 1 saturated heterocycles. The van der Waals surface area contributed by atoms with Crippen LogP contribution in [0.1, 0.15) is 64.7 Å². The molecule has 0 bridgehead atoms. The summed E-state index contributed by atoms with van der Waals surface area (Å²) in [4.78, 5) is 2.40. The number of likely N-dealkylation sites (tertiary alicyclic amines) is 1. The average Bonchev–Trinajstić information content (AvgIpc) is 2.41. The molecular weight excluding hydrogens is 240 g/mol. The average molecular weight is 268 g/mol. The summed E-state index contributed by atoms with van der Waals surface area (Å²) in [5, 5.41) is 4.62. The minimum absolute atomic E-state index is 0.652. The van der Waals surface area contributed by atoms with Crippen LogP contribution in [0.2, 0.25) is 0 Å². The summed E-state index contributed by atoms with van der Waals surface area (Å²) in [6.45, 7) is 4.63. The van der Waals surface area contributed by atoms with Gasteiger partial charge in [0, 0.05) is 19.1 Å². The third kappa shape index (κ3) is 4.11. The van der Waals surface area contributed by atoms with Crippen LogP contribution in [0.15, 0.2) is 0 Å². The van der Waals surface area contributed by atoms with E-state index in [2.05, 4.69) is 17.1 Å². The molecule has 0 amide bonds. The number of hydrogen-bond acceptors (Lipinski definition) is 1. The Bertz CT molecular complexity index is 253. The zero-order valence-corrected chi connectivity index (χ0v) is 12.6. The predicted octanol–water partition coefficient (Wildman–Crippen LogP) is 3.71. The first-order chi connectivity index (χ1) is 8.79. The van der Waals surface area contributed by atoms with Gasteiger partial charge in [-0.05, 0) is 43.8 Å². The molecule has 2 nitrogen and oxygen atoms in total. The molecular formula is C15H28N2S. The van der Waals surface area contributed by atoms with Gasteiger partial charge < -0.3 is 10.2 Å². The lowest BCUT2D eigenvalue weighted by Crippen LogP contribution is -2.48. The van der Waals surface area contributed by atoms with E-state index >= 15 is 0 Å². The standard InChI is InChI=1S/C15H28N2S/c1-2-6-13-9-11-17(12-10-13)15(18)16-14-7-4-3-5-8-14/h13-14H,2-12H2,1H3,(H,16,18). The second-order valence-electron chi connectivity index (χ2n) is 6.00. The van der Waals surface area contributed by atoms with Gasteiger partial charge in [-0.2, -0.15) is 0 Å². The first-order valence-electron chi connectivity index (χ1n) is 7.85. The molecule has 2 fully saturated rings. The van der Waals surface area contributed by atoms with Gasteiger partial charge in [0.05, 0.1) is 0 Å². The largest absolute Gasteiger partial charge is 0.360 e. The van der Waals surface area contributed by atoms with Crippen LogP contribution in [0.3, 0.4) is 0 Å². The van der Waals surface area contributed by atoms with Crippen LogP contribution in [0.5, 0.6) is 0 Å². The highest BCUT2D eigenvalue weighted by Gasteiger charge is 2.22. The van der Waals surface area contributed by atoms with E-state index < -0.39 is 0 Å². The maximum atomic E-state index is 5.57. The van der Waals surface area contributed by atoms with Crippen LogP contribution in [-0.2, 0) is 0 Å². The van der Waals surface area contributed by atoms with Crippen LogP contribution in [0.4, 0.5) is 0 Å². The monoisotopic (exact) mass is 268 g/mol. The molecule has 1 aliphatic heterocycles. The normalized spacial score (nSPS) is 23.1. The molecule has 1 saturated carbocycles. The Morgan fingerprint density at radius 1 is 1.11 bits per heavy atom. The lowest BCUT2D eigenvalue weighted by Gasteiger charge is -2.36. The van der Waals surface area contributed by atoms with Gasteiger partial charge in [0.25, 0.3) is 0 Å². The molecule has 0 spiro atoms. The van der Waals surface area contributed by atoms with Crippen LogP contribution in [0, 0.1) is 5.92 Å². The molecule has 0 aromatic carbocycles. The molecule has 1 N–H and O–H groups in total. The Hall–Kier alpha value is -0.310. The van der Waals surface area contributed by atoms with Crippen molar-refractivity contribution in [1.82, 2.24) is 10.2 Å². The summed E-state index contributed by atoms with van der Waals surface area (Å²) in [5.74, 6) is 0.948. The Kier molecular flexibility index (Phi) is 5.74. The van der Waals surface area contributed by atoms with Gasteiger partial charge in [-0.3, -0.25) is 0 Å². The van der Waals surface area contributed by atoms with Gasteiger partial charge in [0.2, 0.25) is 0 Å². The van der Waals surface area contributed by atoms with E-state index in [4.69, 9.17) is 12.2 Å². The highest BCUT2D eigenvalue weighted by Crippen LogP contribution is 2.22. The summed E-state index contributed by atoms with van der Waals surface area (Å²) in [7, 11) is 0. The highest BCUT2D eigenvalue weighted by atomic mass is 32.1. The maximum absolute atomic E-state index is 5.57. The Balaban J connectivity index is 1.70. The third-order valence-corrected chi connectivity index (χ3v) is 4.91. The van der Waals surface area contributed by atoms with Gasteiger partial charge >= 0.3 is 0 Å². The smallest absolute Gasteiger partial charge is 0.169 e. The summed E-state index contributed by atoms with van der Waals surface area (Å²) in [5.41, 5.74) is 0. The summed E-state index contributed by atoms with van der Waals surface area (Å²) in [6, 6.07) is 0.652. The SMILES string of the molecule is CCCC1CCN(C(=S)NC2CCCCC2)CC1. The zero-order chi connectivity index (χ0) is 12.8. The summed E-state index contributed by atoms with van der Waals surface area (Å²) < 4.78 is 0. The van der Waals surface area contributed by atoms with Crippen molar-refractivity contribution in [3.63, 3.8) is 0 Å². The van der Waals surface area contributed by atoms with E-state index in [0.717, 1.165) is 11.0 Å². The molecule has 18 heavy (non-hydrogen) atoms. The fourth-order valence-corrected chi connectivity index (χ4v) is 3.70. The van der Waals surface area contributed by atoms with E-state index in [1.165, 1.54) is 70.9 Å². The molecule has 1 aliphatic carbocycles. The second-order valence-corrected chi connectivity index (χ2v) is 6.39. The quantitative estimate of drug-likeness (QED) is 0.786. The number of nitrogens with zero attached hydrogens (tertiary/aromatic N) is 1. The van der Waals surface area contributed by atoms with Crippen molar-refractivity contribution in [2.24, 2.45) is 5.92 Å². The minimum atomic E-state index is 0.652. The first kappa shape index (κ1) is 14.1. The van der Waals surface area contributed by atoms with E-state index in [0.29, 0.717) is 6.04 Å².